The summed E-state index contributed by atoms with van der Waals surface area (Å²) >= 11 is 0. The Labute approximate surface area is 130 Å². The average Bonchev–Trinajstić information content (AvgIpc) is 2.73. The van der Waals surface area contributed by atoms with E-state index < -0.39 is 0 Å². The fourth-order valence-corrected chi connectivity index (χ4v) is 3.93. The molecule has 2 aliphatic heterocycles. The van der Waals surface area contributed by atoms with Crippen LogP contribution >= 0.6 is 0 Å². The molecule has 0 aliphatic carbocycles. The topological polar surface area (TPSA) is 38.7 Å². The fourth-order valence-electron chi connectivity index (χ4n) is 3.93. The zero-order valence-electron chi connectivity index (χ0n) is 14.3. The number of nitrogens with zero attached hydrogens (tertiary/aromatic N) is 2. The van der Waals surface area contributed by atoms with Gasteiger partial charge in [-0.05, 0) is 72.1 Å². The monoisotopic (exact) mass is 297 g/mol. The van der Waals surface area contributed by atoms with Crippen molar-refractivity contribution >= 4 is 0 Å². The van der Waals surface area contributed by atoms with Crippen LogP contribution in [-0.4, -0.2) is 72.4 Å². The Morgan fingerprint density at radius 3 is 2.71 bits per heavy atom. The molecule has 2 bridgehead atoms. The number of fused-ring (bicyclic) bond motifs is 2. The van der Waals surface area contributed by atoms with Crippen molar-refractivity contribution in [2.75, 3.05) is 39.8 Å². The molecule has 21 heavy (non-hydrogen) atoms. The molecule has 2 aliphatic rings. The van der Waals surface area contributed by atoms with Crippen molar-refractivity contribution < 1.29 is 5.11 Å². The molecule has 4 nitrogen and oxygen atoms in total. The van der Waals surface area contributed by atoms with E-state index in [-0.39, 0.29) is 12.1 Å². The van der Waals surface area contributed by atoms with Crippen molar-refractivity contribution in [2.24, 2.45) is 0 Å². The Bertz CT molecular complexity index is 312. The van der Waals surface area contributed by atoms with E-state index in [1.54, 1.807) is 0 Å². The van der Waals surface area contributed by atoms with Crippen LogP contribution in [0.25, 0.3) is 0 Å². The second-order valence-electron chi connectivity index (χ2n) is 7.39. The van der Waals surface area contributed by atoms with E-state index in [9.17, 15) is 5.11 Å². The van der Waals surface area contributed by atoms with Gasteiger partial charge in [0, 0.05) is 24.2 Å². The standard InChI is InChI=1S/C17H35N3O/c1-4-10-18-17(2,14-21)9-5-11-20-12-8-15-6-7-16(13-20)19(15)3/h15-16,18,21H,4-14H2,1-3H3. The normalized spacial score (nSPS) is 30.3. The largest absolute Gasteiger partial charge is 0.394 e. The van der Waals surface area contributed by atoms with Gasteiger partial charge in [-0.2, -0.15) is 0 Å². The van der Waals surface area contributed by atoms with Crippen LogP contribution in [-0.2, 0) is 0 Å². The quantitative estimate of drug-likeness (QED) is 0.715. The maximum atomic E-state index is 9.63. The zero-order valence-corrected chi connectivity index (χ0v) is 14.3. The average molecular weight is 297 g/mol. The van der Waals surface area contributed by atoms with Gasteiger partial charge in [0.2, 0.25) is 0 Å². The summed E-state index contributed by atoms with van der Waals surface area (Å²) in [5.41, 5.74) is -0.0995. The summed E-state index contributed by atoms with van der Waals surface area (Å²) < 4.78 is 0. The van der Waals surface area contributed by atoms with Gasteiger partial charge >= 0.3 is 0 Å². The minimum Gasteiger partial charge on any atom is -0.394 e. The smallest absolute Gasteiger partial charge is 0.0610 e. The molecule has 0 amide bonds. The lowest BCUT2D eigenvalue weighted by molar-refractivity contribution is 0.154. The van der Waals surface area contributed by atoms with Gasteiger partial charge in [0.05, 0.1) is 6.61 Å². The van der Waals surface area contributed by atoms with E-state index in [2.05, 4.69) is 36.0 Å². The number of hydrogen-bond acceptors (Lipinski definition) is 4. The third-order valence-corrected chi connectivity index (χ3v) is 5.59. The maximum Gasteiger partial charge on any atom is 0.0610 e. The molecular formula is C17H35N3O. The Hall–Kier alpha value is -0.160. The number of aliphatic hydroxyl groups is 1. The lowest BCUT2D eigenvalue weighted by atomic mass is 9.96. The molecule has 3 unspecified atom stereocenters. The summed E-state index contributed by atoms with van der Waals surface area (Å²) in [4.78, 5) is 5.26. The minimum absolute atomic E-state index is 0.0995. The molecule has 0 aromatic rings. The van der Waals surface area contributed by atoms with Gasteiger partial charge in [0.25, 0.3) is 0 Å². The van der Waals surface area contributed by atoms with Crippen LogP contribution in [0.4, 0.5) is 0 Å². The zero-order chi connectivity index (χ0) is 15.3. The molecule has 0 aromatic carbocycles. The highest BCUT2D eigenvalue weighted by Gasteiger charge is 2.34. The SMILES string of the molecule is CCCNC(C)(CO)CCCN1CCC2CCC(C1)N2C. The number of likely N-dealkylation sites (tertiary alicyclic amines) is 1. The first-order valence-corrected chi connectivity index (χ1v) is 8.88. The highest BCUT2D eigenvalue weighted by Crippen LogP contribution is 2.28. The molecule has 0 saturated carbocycles. The first-order valence-electron chi connectivity index (χ1n) is 8.88. The Balaban J connectivity index is 1.73. The van der Waals surface area contributed by atoms with Crippen molar-refractivity contribution in [3.63, 3.8) is 0 Å². The maximum absolute atomic E-state index is 9.63. The van der Waals surface area contributed by atoms with Gasteiger partial charge in [-0.3, -0.25) is 4.90 Å². The van der Waals surface area contributed by atoms with Crippen LogP contribution < -0.4 is 5.32 Å². The van der Waals surface area contributed by atoms with E-state index in [0.717, 1.165) is 31.5 Å². The molecule has 2 N–H and O–H groups in total. The summed E-state index contributed by atoms with van der Waals surface area (Å²) in [7, 11) is 2.31. The van der Waals surface area contributed by atoms with Gasteiger partial charge in [-0.15, -0.1) is 0 Å². The van der Waals surface area contributed by atoms with Crippen LogP contribution in [0.3, 0.4) is 0 Å². The first-order chi connectivity index (χ1) is 10.1. The molecular weight excluding hydrogens is 262 g/mol. The van der Waals surface area contributed by atoms with E-state index in [4.69, 9.17) is 0 Å². The molecule has 2 rings (SSSR count). The lowest BCUT2D eigenvalue weighted by Gasteiger charge is -2.31. The van der Waals surface area contributed by atoms with Crippen LogP contribution in [0.5, 0.6) is 0 Å². The van der Waals surface area contributed by atoms with Gasteiger partial charge in [0.15, 0.2) is 0 Å². The van der Waals surface area contributed by atoms with Crippen LogP contribution in [0, 0.1) is 0 Å². The molecule has 0 radical (unpaired) electrons. The molecule has 0 spiro atoms. The van der Waals surface area contributed by atoms with Gasteiger partial charge in [0.1, 0.15) is 0 Å². The number of rotatable bonds is 8. The first kappa shape index (κ1) is 17.2. The second-order valence-corrected chi connectivity index (χ2v) is 7.39. The highest BCUT2D eigenvalue weighted by molar-refractivity contribution is 4.91. The number of nitrogens with one attached hydrogen (secondary N) is 1. The predicted molar refractivity (Wildman–Crippen MR) is 88.6 cm³/mol. The van der Waals surface area contributed by atoms with Gasteiger partial charge in [-0.25, -0.2) is 0 Å². The van der Waals surface area contributed by atoms with Crippen molar-refractivity contribution in [3.8, 4) is 0 Å². The minimum atomic E-state index is -0.0995. The molecule has 2 fully saturated rings. The van der Waals surface area contributed by atoms with E-state index in [0.29, 0.717) is 0 Å². The molecule has 2 saturated heterocycles. The molecule has 2 heterocycles. The van der Waals surface area contributed by atoms with Crippen LogP contribution in [0.1, 0.15) is 52.4 Å². The summed E-state index contributed by atoms with van der Waals surface area (Å²) in [6.45, 7) is 9.24. The number of hydrogen-bond donors (Lipinski definition) is 2. The summed E-state index contributed by atoms with van der Waals surface area (Å²) in [6.07, 6.45) is 7.47. The number of likely N-dealkylation sites (N-methyl/N-ethyl adjacent to an activating group) is 1. The number of aliphatic hydroxyl groups excluding tert-OH is 1. The van der Waals surface area contributed by atoms with E-state index >= 15 is 0 Å². The summed E-state index contributed by atoms with van der Waals surface area (Å²) in [6, 6.07) is 1.61. The summed E-state index contributed by atoms with van der Waals surface area (Å²) in [5, 5.41) is 13.1. The van der Waals surface area contributed by atoms with Crippen molar-refractivity contribution in [3.05, 3.63) is 0 Å². The second kappa shape index (κ2) is 7.91. The van der Waals surface area contributed by atoms with E-state index in [1.165, 1.54) is 45.3 Å². The van der Waals surface area contributed by atoms with Crippen LogP contribution in [0.2, 0.25) is 0 Å². The van der Waals surface area contributed by atoms with Crippen LogP contribution in [0.15, 0.2) is 0 Å². The molecule has 124 valence electrons. The highest BCUT2D eigenvalue weighted by atomic mass is 16.3. The van der Waals surface area contributed by atoms with Gasteiger partial charge < -0.3 is 15.3 Å². The molecule has 3 atom stereocenters. The van der Waals surface area contributed by atoms with Crippen molar-refractivity contribution in [1.29, 1.82) is 0 Å². The van der Waals surface area contributed by atoms with E-state index in [1.807, 2.05) is 0 Å². The Morgan fingerprint density at radius 1 is 1.24 bits per heavy atom. The predicted octanol–water partition coefficient (Wildman–Crippen LogP) is 1.69. The summed E-state index contributed by atoms with van der Waals surface area (Å²) in [5.74, 6) is 0. The third-order valence-electron chi connectivity index (χ3n) is 5.59. The van der Waals surface area contributed by atoms with Crippen molar-refractivity contribution in [1.82, 2.24) is 15.1 Å². The van der Waals surface area contributed by atoms with Crippen molar-refractivity contribution in [2.45, 2.75) is 70.0 Å². The fraction of sp³-hybridized carbons (Fsp3) is 1.00. The third kappa shape index (κ3) is 4.65. The Kier molecular flexibility index (Phi) is 6.48. The van der Waals surface area contributed by atoms with Gasteiger partial charge in [-0.1, -0.05) is 6.92 Å². The Morgan fingerprint density at radius 2 is 2.00 bits per heavy atom. The molecule has 0 aromatic heterocycles. The lowest BCUT2D eigenvalue weighted by Crippen LogP contribution is -2.46. The molecule has 4 heteroatoms.